The zero-order chi connectivity index (χ0) is 10.8. The lowest BCUT2D eigenvalue weighted by Gasteiger charge is -1.98. The van der Waals surface area contributed by atoms with Crippen molar-refractivity contribution in [1.29, 1.82) is 0 Å². The van der Waals surface area contributed by atoms with Gasteiger partial charge in [-0.2, -0.15) is 9.55 Å². The molecule has 0 fully saturated rings. The Morgan fingerprint density at radius 1 is 1.53 bits per heavy atom. The van der Waals surface area contributed by atoms with E-state index in [1.54, 1.807) is 0 Å². The van der Waals surface area contributed by atoms with E-state index in [0.29, 0.717) is 5.82 Å². The quantitative estimate of drug-likeness (QED) is 0.552. The Morgan fingerprint density at radius 3 is 3.00 bits per heavy atom. The van der Waals surface area contributed by atoms with Gasteiger partial charge in [0.15, 0.2) is 6.33 Å². The molecule has 2 N–H and O–H groups in total. The molecule has 0 aliphatic heterocycles. The third kappa shape index (κ3) is 1.59. The molecular formula is C7H6N6O2. The number of anilines is 1. The summed E-state index contributed by atoms with van der Waals surface area (Å²) in [5, 5.41) is 10.6. The normalized spacial score (nSPS) is 10.1. The molecule has 8 nitrogen and oxygen atoms in total. The molecular weight excluding hydrogens is 200 g/mol. The van der Waals surface area contributed by atoms with Crippen molar-refractivity contribution in [3.63, 3.8) is 0 Å². The number of hydrogen-bond acceptors (Lipinski definition) is 6. The van der Waals surface area contributed by atoms with Crippen molar-refractivity contribution in [3.8, 4) is 5.82 Å². The Balaban J connectivity index is 2.54. The first-order valence-electron chi connectivity index (χ1n) is 3.94. The number of rotatable bonds is 2. The van der Waals surface area contributed by atoms with Crippen LogP contribution in [-0.2, 0) is 0 Å². The smallest absolute Gasteiger partial charge is 0.349 e. The van der Waals surface area contributed by atoms with Crippen molar-refractivity contribution in [2.75, 3.05) is 5.73 Å². The molecule has 0 aliphatic rings. The lowest BCUT2D eigenvalue weighted by molar-refractivity contribution is -0.391. The molecule has 0 saturated heterocycles. The van der Waals surface area contributed by atoms with Gasteiger partial charge < -0.3 is 15.8 Å². The van der Waals surface area contributed by atoms with Crippen LogP contribution in [-0.4, -0.2) is 24.4 Å². The Labute approximate surface area is 83.6 Å². The number of imidazole rings is 1. The summed E-state index contributed by atoms with van der Waals surface area (Å²) >= 11 is 0. The summed E-state index contributed by atoms with van der Waals surface area (Å²) in [5.74, 6) is 0.190. The maximum absolute atomic E-state index is 10.6. The predicted molar refractivity (Wildman–Crippen MR) is 50.2 cm³/mol. The molecule has 8 heteroatoms. The highest BCUT2D eigenvalue weighted by Gasteiger charge is 2.16. The van der Waals surface area contributed by atoms with Gasteiger partial charge in [-0.3, -0.25) is 0 Å². The SMILES string of the molecule is Nc1nccc(-n2cncc2[N+](=O)[O-])n1. The molecule has 0 unspecified atom stereocenters. The molecule has 0 aliphatic carbocycles. The molecule has 2 aromatic heterocycles. The third-order valence-corrected chi connectivity index (χ3v) is 1.71. The molecule has 0 atom stereocenters. The highest BCUT2D eigenvalue weighted by atomic mass is 16.6. The number of nitrogen functional groups attached to an aromatic ring is 1. The summed E-state index contributed by atoms with van der Waals surface area (Å²) in [6.45, 7) is 0. The largest absolute Gasteiger partial charge is 0.368 e. The van der Waals surface area contributed by atoms with Crippen molar-refractivity contribution in [1.82, 2.24) is 19.5 Å². The van der Waals surface area contributed by atoms with Crippen molar-refractivity contribution in [3.05, 3.63) is 34.9 Å². The second-order valence-electron chi connectivity index (χ2n) is 2.65. The average molecular weight is 206 g/mol. The molecule has 76 valence electrons. The predicted octanol–water partition coefficient (Wildman–Crippen LogP) is 0.153. The fraction of sp³-hybridized carbons (Fsp3) is 0. The first-order chi connectivity index (χ1) is 7.18. The first kappa shape index (κ1) is 9.06. The lowest BCUT2D eigenvalue weighted by atomic mass is 10.5. The summed E-state index contributed by atoms with van der Waals surface area (Å²) < 4.78 is 1.22. The molecule has 0 aromatic carbocycles. The Morgan fingerprint density at radius 2 is 2.33 bits per heavy atom. The number of nitrogens with two attached hydrogens (primary N) is 1. The topological polar surface area (TPSA) is 113 Å². The van der Waals surface area contributed by atoms with Gasteiger partial charge in [0.25, 0.3) is 0 Å². The van der Waals surface area contributed by atoms with Gasteiger partial charge >= 0.3 is 5.82 Å². The highest BCUT2D eigenvalue weighted by Crippen LogP contribution is 2.15. The zero-order valence-corrected chi connectivity index (χ0v) is 7.44. The van der Waals surface area contributed by atoms with Gasteiger partial charge in [-0.25, -0.2) is 9.97 Å². The van der Waals surface area contributed by atoms with E-state index in [1.165, 1.54) is 23.2 Å². The van der Waals surface area contributed by atoms with Crippen molar-refractivity contribution >= 4 is 11.8 Å². The second kappa shape index (κ2) is 3.33. The van der Waals surface area contributed by atoms with E-state index >= 15 is 0 Å². The molecule has 2 rings (SSSR count). The maximum atomic E-state index is 10.6. The third-order valence-electron chi connectivity index (χ3n) is 1.71. The van der Waals surface area contributed by atoms with Crippen LogP contribution >= 0.6 is 0 Å². The Kier molecular flexibility index (Phi) is 2.01. The minimum absolute atomic E-state index is 0.0514. The van der Waals surface area contributed by atoms with Crippen LogP contribution in [0.1, 0.15) is 0 Å². The van der Waals surface area contributed by atoms with E-state index in [1.807, 2.05) is 0 Å². The van der Waals surface area contributed by atoms with E-state index in [0.717, 1.165) is 6.20 Å². The molecule has 0 saturated carbocycles. The van der Waals surface area contributed by atoms with Crippen LogP contribution in [0.25, 0.3) is 5.82 Å². The fourth-order valence-corrected chi connectivity index (χ4v) is 1.10. The minimum atomic E-state index is -0.550. The summed E-state index contributed by atoms with van der Waals surface area (Å²) in [6, 6.07) is 1.50. The van der Waals surface area contributed by atoms with Crippen molar-refractivity contribution in [2.45, 2.75) is 0 Å². The number of nitro groups is 1. The second-order valence-corrected chi connectivity index (χ2v) is 2.65. The van der Waals surface area contributed by atoms with E-state index in [2.05, 4.69) is 15.0 Å². The summed E-state index contributed by atoms with van der Waals surface area (Å²) in [7, 11) is 0. The van der Waals surface area contributed by atoms with Gasteiger partial charge in [-0.1, -0.05) is 0 Å². The summed E-state index contributed by atoms with van der Waals surface area (Å²) in [4.78, 5) is 21.3. The molecule has 0 spiro atoms. The van der Waals surface area contributed by atoms with Crippen molar-refractivity contribution < 1.29 is 4.92 Å². The number of nitrogens with zero attached hydrogens (tertiary/aromatic N) is 5. The van der Waals surface area contributed by atoms with E-state index in [9.17, 15) is 10.1 Å². The average Bonchev–Trinajstić information content (AvgIpc) is 2.65. The van der Waals surface area contributed by atoms with Gasteiger partial charge in [-0.15, -0.1) is 0 Å². The molecule has 0 amide bonds. The Bertz CT molecular complexity index is 508. The standard InChI is InChI=1S/C7H6N6O2/c8-7-10-2-1-5(11-7)12-4-9-3-6(12)13(14)15/h1-4H,(H2,8,10,11). The maximum Gasteiger partial charge on any atom is 0.349 e. The fourth-order valence-electron chi connectivity index (χ4n) is 1.10. The van der Waals surface area contributed by atoms with Crippen LogP contribution in [0.2, 0.25) is 0 Å². The molecule has 0 bridgehead atoms. The summed E-state index contributed by atoms with van der Waals surface area (Å²) in [5.41, 5.74) is 5.37. The molecule has 0 radical (unpaired) electrons. The molecule has 15 heavy (non-hydrogen) atoms. The van der Waals surface area contributed by atoms with Crippen molar-refractivity contribution in [2.24, 2.45) is 0 Å². The lowest BCUT2D eigenvalue weighted by Crippen LogP contribution is -2.04. The molecule has 2 heterocycles. The van der Waals surface area contributed by atoms with Gasteiger partial charge in [-0.05, 0) is 4.92 Å². The van der Waals surface area contributed by atoms with E-state index in [4.69, 9.17) is 5.73 Å². The van der Waals surface area contributed by atoms with Gasteiger partial charge in [0.1, 0.15) is 6.20 Å². The zero-order valence-electron chi connectivity index (χ0n) is 7.44. The monoisotopic (exact) mass is 206 g/mol. The summed E-state index contributed by atoms with van der Waals surface area (Å²) in [6.07, 6.45) is 3.85. The number of hydrogen-bond donors (Lipinski definition) is 1. The van der Waals surface area contributed by atoms with Crippen LogP contribution in [0.5, 0.6) is 0 Å². The first-order valence-corrected chi connectivity index (χ1v) is 3.94. The Hall–Kier alpha value is -2.51. The van der Waals surface area contributed by atoms with Crippen LogP contribution in [0, 0.1) is 10.1 Å². The highest BCUT2D eigenvalue weighted by molar-refractivity contribution is 5.34. The van der Waals surface area contributed by atoms with E-state index in [-0.39, 0.29) is 11.8 Å². The number of aromatic nitrogens is 4. The van der Waals surface area contributed by atoms with Gasteiger partial charge in [0.2, 0.25) is 11.8 Å². The van der Waals surface area contributed by atoms with E-state index < -0.39 is 4.92 Å². The van der Waals surface area contributed by atoms with Gasteiger partial charge in [0, 0.05) is 12.3 Å². The van der Waals surface area contributed by atoms with Crippen LogP contribution in [0.15, 0.2) is 24.8 Å². The minimum Gasteiger partial charge on any atom is -0.368 e. The van der Waals surface area contributed by atoms with Gasteiger partial charge in [0.05, 0.1) is 0 Å². The molecule has 2 aromatic rings. The van der Waals surface area contributed by atoms with Crippen LogP contribution in [0.4, 0.5) is 11.8 Å². The van der Waals surface area contributed by atoms with Crippen LogP contribution in [0.3, 0.4) is 0 Å². The van der Waals surface area contributed by atoms with Crippen LogP contribution < -0.4 is 5.73 Å².